The van der Waals surface area contributed by atoms with Crippen LogP contribution in [0.3, 0.4) is 0 Å². The van der Waals surface area contributed by atoms with Gasteiger partial charge in [-0.2, -0.15) is 0 Å². The molecule has 0 aliphatic carbocycles. The molecular weight excluding hydrogens is 217 g/mol. The van der Waals surface area contributed by atoms with Crippen LogP contribution in [0.1, 0.15) is 5.56 Å². The average molecular weight is 227 g/mol. The second kappa shape index (κ2) is 10.5. The molecule has 1 aromatic carbocycles. The zero-order chi connectivity index (χ0) is 5.82. The summed E-state index contributed by atoms with van der Waals surface area (Å²) in [6.07, 6.45) is 0. The molecule has 1 aromatic rings. The third-order valence-electron chi connectivity index (χ3n) is 1.05. The predicted molar refractivity (Wildman–Crippen MR) is 49.0 cm³/mol. The van der Waals surface area contributed by atoms with Crippen molar-refractivity contribution in [2.24, 2.45) is 0 Å². The number of rotatable bonds is 1. The van der Waals surface area contributed by atoms with Crippen molar-refractivity contribution < 1.29 is 21.7 Å². The molecule has 11 heavy (non-hydrogen) atoms. The monoisotopic (exact) mass is 226 g/mol. The minimum absolute atomic E-state index is 0. The van der Waals surface area contributed by atoms with Crippen molar-refractivity contribution in [1.82, 2.24) is 0 Å². The van der Waals surface area contributed by atoms with Crippen molar-refractivity contribution in [2.45, 2.75) is 6.54 Å². The molecular formula is C7H10Cl2NTi-. The van der Waals surface area contributed by atoms with Crippen molar-refractivity contribution in [1.29, 1.82) is 0 Å². The fourth-order valence-electron chi connectivity index (χ4n) is 0.596. The molecule has 0 aliphatic heterocycles. The fourth-order valence-corrected chi connectivity index (χ4v) is 0.596. The normalized spacial score (nSPS) is 6.64. The van der Waals surface area contributed by atoms with E-state index in [9.17, 15) is 0 Å². The molecule has 0 atom stereocenters. The Bertz CT molecular complexity index is 158. The Hall–Kier alpha value is 0.474. The molecule has 0 heterocycles. The van der Waals surface area contributed by atoms with Gasteiger partial charge in [-0.1, -0.05) is 35.9 Å². The molecule has 0 unspecified atom stereocenters. The standard InChI is InChI=1S/C7H8N.2ClH.Ti/c8-6-7-4-2-1-3-5-7;;;/h1-5,8H,6H2;2*1H;/q-1;;;. The van der Waals surface area contributed by atoms with Crippen LogP contribution in [-0.4, -0.2) is 0 Å². The summed E-state index contributed by atoms with van der Waals surface area (Å²) < 4.78 is 0. The zero-order valence-electron chi connectivity index (χ0n) is 5.91. The van der Waals surface area contributed by atoms with E-state index >= 15 is 0 Å². The quantitative estimate of drug-likeness (QED) is 0.658. The molecule has 0 bridgehead atoms. The molecule has 0 saturated carbocycles. The first-order valence-corrected chi connectivity index (χ1v) is 2.62. The molecule has 0 amide bonds. The minimum atomic E-state index is 0. The molecule has 1 nitrogen and oxygen atoms in total. The first kappa shape index (κ1) is 17.5. The topological polar surface area (TPSA) is 23.8 Å². The molecule has 0 fully saturated rings. The maximum Gasteiger partial charge on any atom is 0 e. The van der Waals surface area contributed by atoms with Gasteiger partial charge in [-0.25, -0.2) is 0 Å². The SMILES string of the molecule is Cl.Cl.[NH-]Cc1ccccc1.[Ti]. The van der Waals surface area contributed by atoms with E-state index in [2.05, 4.69) is 0 Å². The van der Waals surface area contributed by atoms with Gasteiger partial charge in [-0.15, -0.1) is 31.4 Å². The van der Waals surface area contributed by atoms with Crippen LogP contribution in [-0.2, 0) is 28.3 Å². The van der Waals surface area contributed by atoms with E-state index in [1.54, 1.807) is 0 Å². The Balaban J connectivity index is -0.000000213. The third-order valence-corrected chi connectivity index (χ3v) is 1.05. The van der Waals surface area contributed by atoms with Gasteiger partial charge in [0.1, 0.15) is 0 Å². The van der Waals surface area contributed by atoms with Crippen molar-refractivity contribution in [3.63, 3.8) is 0 Å². The van der Waals surface area contributed by atoms with Gasteiger partial charge in [-0.3, -0.25) is 0 Å². The van der Waals surface area contributed by atoms with Gasteiger partial charge in [-0.05, 0) is 0 Å². The molecule has 62 valence electrons. The predicted octanol–water partition coefficient (Wildman–Crippen LogP) is 3.08. The smallest absolute Gasteiger partial charge is 0 e. The average Bonchev–Trinajstić information content (AvgIpc) is 1.90. The van der Waals surface area contributed by atoms with Gasteiger partial charge < -0.3 is 5.73 Å². The van der Waals surface area contributed by atoms with E-state index in [-0.39, 0.29) is 46.5 Å². The van der Waals surface area contributed by atoms with E-state index in [1.807, 2.05) is 30.3 Å². The first-order valence-electron chi connectivity index (χ1n) is 2.62. The maximum absolute atomic E-state index is 6.94. The first-order chi connectivity index (χ1) is 3.93. The van der Waals surface area contributed by atoms with Gasteiger partial charge in [0, 0.05) is 21.7 Å². The molecule has 1 rings (SSSR count). The van der Waals surface area contributed by atoms with Crippen molar-refractivity contribution in [3.05, 3.63) is 41.6 Å². The fraction of sp³-hybridized carbons (Fsp3) is 0.143. The van der Waals surface area contributed by atoms with Crippen molar-refractivity contribution in [3.8, 4) is 0 Å². The summed E-state index contributed by atoms with van der Waals surface area (Å²) in [7, 11) is 0. The summed E-state index contributed by atoms with van der Waals surface area (Å²) >= 11 is 0. The Labute approximate surface area is 94.4 Å². The largest absolute Gasteiger partial charge is 0.674 e. The van der Waals surface area contributed by atoms with Crippen molar-refractivity contribution in [2.75, 3.05) is 0 Å². The Kier molecular flexibility index (Phi) is 16.7. The number of halogens is 2. The van der Waals surface area contributed by atoms with Crippen LogP contribution >= 0.6 is 24.8 Å². The summed E-state index contributed by atoms with van der Waals surface area (Å²) in [5.41, 5.74) is 8.02. The van der Waals surface area contributed by atoms with Crippen LogP contribution in [0.4, 0.5) is 0 Å². The van der Waals surface area contributed by atoms with Crippen LogP contribution in [0.15, 0.2) is 30.3 Å². The second-order valence-electron chi connectivity index (χ2n) is 1.66. The third kappa shape index (κ3) is 6.86. The number of hydrogen-bond donors (Lipinski definition) is 0. The Morgan fingerprint density at radius 2 is 1.45 bits per heavy atom. The van der Waals surface area contributed by atoms with Gasteiger partial charge >= 0.3 is 0 Å². The molecule has 0 aliphatic rings. The summed E-state index contributed by atoms with van der Waals surface area (Å²) in [5, 5.41) is 0. The van der Waals surface area contributed by atoms with E-state index in [0.29, 0.717) is 6.54 Å². The van der Waals surface area contributed by atoms with E-state index in [0.717, 1.165) is 5.56 Å². The van der Waals surface area contributed by atoms with Crippen LogP contribution in [0.25, 0.3) is 5.73 Å². The number of nitrogens with one attached hydrogen (secondary N) is 1. The molecule has 0 aromatic heterocycles. The molecule has 0 saturated heterocycles. The molecule has 1 N–H and O–H groups in total. The van der Waals surface area contributed by atoms with Gasteiger partial charge in [0.25, 0.3) is 0 Å². The maximum atomic E-state index is 6.94. The molecule has 0 radical (unpaired) electrons. The van der Waals surface area contributed by atoms with E-state index in [1.165, 1.54) is 0 Å². The van der Waals surface area contributed by atoms with Crippen LogP contribution < -0.4 is 0 Å². The number of benzene rings is 1. The zero-order valence-corrected chi connectivity index (χ0v) is 9.10. The van der Waals surface area contributed by atoms with Crippen LogP contribution in [0, 0.1) is 0 Å². The second-order valence-corrected chi connectivity index (χ2v) is 1.66. The number of hydrogen-bond acceptors (Lipinski definition) is 0. The van der Waals surface area contributed by atoms with Crippen molar-refractivity contribution >= 4 is 24.8 Å². The summed E-state index contributed by atoms with van der Waals surface area (Å²) in [4.78, 5) is 0. The summed E-state index contributed by atoms with van der Waals surface area (Å²) in [5.74, 6) is 0. The van der Waals surface area contributed by atoms with Gasteiger partial charge in [0.15, 0.2) is 0 Å². The van der Waals surface area contributed by atoms with Crippen LogP contribution in [0.2, 0.25) is 0 Å². The minimum Gasteiger partial charge on any atom is -0.674 e. The van der Waals surface area contributed by atoms with Crippen LogP contribution in [0.5, 0.6) is 0 Å². The Morgan fingerprint density at radius 1 is 1.00 bits per heavy atom. The van der Waals surface area contributed by atoms with Gasteiger partial charge in [0.05, 0.1) is 0 Å². The van der Waals surface area contributed by atoms with E-state index in [4.69, 9.17) is 5.73 Å². The molecule has 0 spiro atoms. The van der Waals surface area contributed by atoms with Gasteiger partial charge in [0.2, 0.25) is 0 Å². The Morgan fingerprint density at radius 3 is 1.73 bits per heavy atom. The van der Waals surface area contributed by atoms with E-state index < -0.39 is 0 Å². The summed E-state index contributed by atoms with van der Waals surface area (Å²) in [6, 6.07) is 9.76. The summed E-state index contributed by atoms with van der Waals surface area (Å²) in [6.45, 7) is 0.390. The molecule has 4 heteroatoms.